The zero-order valence-corrected chi connectivity index (χ0v) is 15.7. The Bertz CT molecular complexity index is 1090. The molecular weight excluding hydrogens is 385 g/mol. The highest BCUT2D eigenvalue weighted by molar-refractivity contribution is 7.15. The number of carbonyl (C=O) groups is 1. The van der Waals surface area contributed by atoms with Crippen molar-refractivity contribution in [1.29, 1.82) is 0 Å². The van der Waals surface area contributed by atoms with Crippen LogP contribution in [0.15, 0.2) is 35.1 Å². The lowest BCUT2D eigenvalue weighted by molar-refractivity contribution is -0.117. The van der Waals surface area contributed by atoms with Crippen LogP contribution in [0.3, 0.4) is 0 Å². The summed E-state index contributed by atoms with van der Waals surface area (Å²) in [6.45, 7) is -0.317. The number of halogens is 1. The minimum atomic E-state index is -0.539. The van der Waals surface area contributed by atoms with Crippen molar-refractivity contribution < 1.29 is 13.9 Å². The number of nitrogens with zero attached hydrogens (tertiary/aromatic N) is 4. The molecule has 28 heavy (non-hydrogen) atoms. The fourth-order valence-corrected chi connectivity index (χ4v) is 3.54. The molecule has 1 N–H and O–H groups in total. The molecular formula is C18H16FN5O3S. The summed E-state index contributed by atoms with van der Waals surface area (Å²) in [5, 5.41) is 16.0. The van der Waals surface area contributed by atoms with Crippen molar-refractivity contribution >= 4 is 22.4 Å². The quantitative estimate of drug-likeness (QED) is 0.681. The summed E-state index contributed by atoms with van der Waals surface area (Å²) >= 11 is 1.33. The molecule has 10 heteroatoms. The molecule has 1 saturated carbocycles. The number of rotatable bonds is 6. The van der Waals surface area contributed by atoms with Crippen molar-refractivity contribution in [2.24, 2.45) is 0 Å². The van der Waals surface area contributed by atoms with E-state index >= 15 is 0 Å². The molecule has 0 radical (unpaired) electrons. The first-order valence-corrected chi connectivity index (χ1v) is 9.40. The van der Waals surface area contributed by atoms with E-state index in [1.54, 1.807) is 6.07 Å². The number of carbonyl (C=O) groups excluding carboxylic acids is 1. The molecule has 0 saturated heterocycles. The van der Waals surface area contributed by atoms with Gasteiger partial charge in [-0.3, -0.25) is 14.9 Å². The number of nitrogens with one attached hydrogen (secondary N) is 1. The summed E-state index contributed by atoms with van der Waals surface area (Å²) in [6, 6.07) is 6.98. The van der Waals surface area contributed by atoms with Gasteiger partial charge in [-0.05, 0) is 31.0 Å². The molecule has 1 aromatic carbocycles. The average Bonchev–Trinajstić information content (AvgIpc) is 3.43. The molecule has 1 amide bonds. The summed E-state index contributed by atoms with van der Waals surface area (Å²) < 4.78 is 20.2. The van der Waals surface area contributed by atoms with Gasteiger partial charge < -0.3 is 4.74 Å². The highest BCUT2D eigenvalue weighted by atomic mass is 32.1. The molecule has 0 bridgehead atoms. The van der Waals surface area contributed by atoms with E-state index in [1.807, 2.05) is 0 Å². The molecule has 0 atom stereocenters. The standard InChI is InChI=1S/C18H16FN5O3S/c1-27-11-4-5-12(13(19)8-11)14-6-7-16(26)24(23-14)9-15(25)20-18-22-21-17(28-18)10-2-3-10/h4-8,10H,2-3,9H2,1H3,(H,20,22,25). The summed E-state index contributed by atoms with van der Waals surface area (Å²) in [4.78, 5) is 24.3. The van der Waals surface area contributed by atoms with Crippen LogP contribution >= 0.6 is 11.3 Å². The number of hydrogen-bond acceptors (Lipinski definition) is 7. The van der Waals surface area contributed by atoms with Crippen LogP contribution < -0.4 is 15.6 Å². The molecule has 0 unspecified atom stereocenters. The number of hydrogen-bond donors (Lipinski definition) is 1. The van der Waals surface area contributed by atoms with Gasteiger partial charge in [0, 0.05) is 23.6 Å². The van der Waals surface area contributed by atoms with Crippen LogP contribution in [0.4, 0.5) is 9.52 Å². The van der Waals surface area contributed by atoms with Crippen molar-refractivity contribution in [3.05, 3.63) is 51.5 Å². The smallest absolute Gasteiger partial charge is 0.267 e. The predicted octanol–water partition coefficient (Wildman–Crippen LogP) is 2.43. The normalized spacial score (nSPS) is 13.4. The first-order valence-electron chi connectivity index (χ1n) is 8.59. The maximum absolute atomic E-state index is 14.3. The van der Waals surface area contributed by atoms with Gasteiger partial charge in [0.05, 0.1) is 12.8 Å². The van der Waals surface area contributed by atoms with E-state index < -0.39 is 17.3 Å². The number of methoxy groups -OCH3 is 1. The van der Waals surface area contributed by atoms with Gasteiger partial charge in [0.15, 0.2) is 0 Å². The van der Waals surface area contributed by atoms with E-state index in [1.165, 1.54) is 42.7 Å². The molecule has 0 spiro atoms. The van der Waals surface area contributed by atoms with Gasteiger partial charge in [-0.1, -0.05) is 11.3 Å². The Morgan fingerprint density at radius 1 is 1.32 bits per heavy atom. The molecule has 8 nitrogen and oxygen atoms in total. The van der Waals surface area contributed by atoms with Gasteiger partial charge in [0.1, 0.15) is 23.1 Å². The van der Waals surface area contributed by atoms with Crippen LogP contribution in [-0.2, 0) is 11.3 Å². The van der Waals surface area contributed by atoms with Crippen LogP contribution in [0, 0.1) is 5.82 Å². The summed E-state index contributed by atoms with van der Waals surface area (Å²) in [7, 11) is 1.44. The van der Waals surface area contributed by atoms with Crippen molar-refractivity contribution in [2.45, 2.75) is 25.3 Å². The number of anilines is 1. The Morgan fingerprint density at radius 2 is 2.14 bits per heavy atom. The van der Waals surface area contributed by atoms with Crippen molar-refractivity contribution in [3.8, 4) is 17.0 Å². The van der Waals surface area contributed by atoms with E-state index in [9.17, 15) is 14.0 Å². The predicted molar refractivity (Wildman–Crippen MR) is 101 cm³/mol. The Kier molecular flexibility index (Phi) is 4.86. The summed E-state index contributed by atoms with van der Waals surface area (Å²) in [6.07, 6.45) is 2.19. The second-order valence-electron chi connectivity index (χ2n) is 6.33. The van der Waals surface area contributed by atoms with Gasteiger partial charge >= 0.3 is 0 Å². The van der Waals surface area contributed by atoms with E-state index in [4.69, 9.17) is 4.74 Å². The Morgan fingerprint density at radius 3 is 2.86 bits per heavy atom. The molecule has 2 heterocycles. The van der Waals surface area contributed by atoms with Gasteiger partial charge in [0.25, 0.3) is 5.56 Å². The lowest BCUT2D eigenvalue weighted by Gasteiger charge is -2.08. The molecule has 1 fully saturated rings. The topological polar surface area (TPSA) is 99.0 Å². The fraction of sp³-hybridized carbons (Fsp3) is 0.278. The molecule has 3 aromatic rings. The van der Waals surface area contributed by atoms with E-state index in [2.05, 4.69) is 20.6 Å². The lowest BCUT2D eigenvalue weighted by Crippen LogP contribution is -2.29. The van der Waals surface area contributed by atoms with Crippen LogP contribution in [0.2, 0.25) is 0 Å². The molecule has 1 aliphatic carbocycles. The van der Waals surface area contributed by atoms with Crippen LogP contribution in [-0.4, -0.2) is 33.0 Å². The Labute approximate surface area is 163 Å². The minimum Gasteiger partial charge on any atom is -0.497 e. The summed E-state index contributed by atoms with van der Waals surface area (Å²) in [5.41, 5.74) is -0.0311. The van der Waals surface area contributed by atoms with Crippen molar-refractivity contribution in [3.63, 3.8) is 0 Å². The first-order chi connectivity index (χ1) is 13.5. The second-order valence-corrected chi connectivity index (χ2v) is 7.34. The third-order valence-electron chi connectivity index (χ3n) is 4.23. The third kappa shape index (κ3) is 3.91. The monoisotopic (exact) mass is 401 g/mol. The SMILES string of the molecule is COc1ccc(-c2ccc(=O)n(CC(=O)Nc3nnc(C4CC4)s3)n2)c(F)c1. The molecule has 144 valence electrons. The lowest BCUT2D eigenvalue weighted by atomic mass is 10.1. The average molecular weight is 401 g/mol. The van der Waals surface area contributed by atoms with Gasteiger partial charge in [-0.15, -0.1) is 10.2 Å². The second kappa shape index (κ2) is 7.47. The van der Waals surface area contributed by atoms with E-state index in [0.29, 0.717) is 16.8 Å². The van der Waals surface area contributed by atoms with Gasteiger partial charge in [0.2, 0.25) is 11.0 Å². The van der Waals surface area contributed by atoms with Gasteiger partial charge in [-0.25, -0.2) is 9.07 Å². The zero-order valence-electron chi connectivity index (χ0n) is 14.9. The third-order valence-corrected chi connectivity index (χ3v) is 5.23. The van der Waals surface area contributed by atoms with Crippen LogP contribution in [0.5, 0.6) is 5.75 Å². The first kappa shape index (κ1) is 18.2. The van der Waals surface area contributed by atoms with E-state index in [-0.39, 0.29) is 17.8 Å². The molecule has 4 rings (SSSR count). The number of benzene rings is 1. The Hall–Kier alpha value is -3.14. The summed E-state index contributed by atoms with van der Waals surface area (Å²) in [5.74, 6) is -0.177. The molecule has 2 aromatic heterocycles. The zero-order chi connectivity index (χ0) is 19.7. The van der Waals surface area contributed by atoms with Crippen molar-refractivity contribution in [2.75, 3.05) is 12.4 Å². The maximum atomic E-state index is 14.3. The molecule has 1 aliphatic rings. The van der Waals surface area contributed by atoms with Gasteiger partial charge in [-0.2, -0.15) is 5.10 Å². The number of aromatic nitrogens is 4. The highest BCUT2D eigenvalue weighted by Gasteiger charge is 2.27. The van der Waals surface area contributed by atoms with Crippen LogP contribution in [0.1, 0.15) is 23.8 Å². The fourth-order valence-electron chi connectivity index (χ4n) is 2.61. The number of ether oxygens (including phenoxy) is 1. The van der Waals surface area contributed by atoms with Crippen molar-refractivity contribution in [1.82, 2.24) is 20.0 Å². The minimum absolute atomic E-state index is 0.202. The molecule has 0 aliphatic heterocycles. The van der Waals surface area contributed by atoms with Crippen LogP contribution in [0.25, 0.3) is 11.3 Å². The Balaban J connectivity index is 1.51. The highest BCUT2D eigenvalue weighted by Crippen LogP contribution is 2.42. The largest absolute Gasteiger partial charge is 0.497 e. The van der Waals surface area contributed by atoms with E-state index in [0.717, 1.165) is 22.5 Å². The number of amides is 1. The maximum Gasteiger partial charge on any atom is 0.267 e.